The van der Waals surface area contributed by atoms with Gasteiger partial charge in [0.2, 0.25) is 0 Å². The first-order valence-electron chi connectivity index (χ1n) is 9.41. The predicted molar refractivity (Wildman–Crippen MR) is 113 cm³/mol. The quantitative estimate of drug-likeness (QED) is 0.149. The maximum atomic E-state index is 11.3. The van der Waals surface area contributed by atoms with E-state index in [0.717, 1.165) is 0 Å². The second-order valence-corrected chi connectivity index (χ2v) is 6.27. The van der Waals surface area contributed by atoms with Gasteiger partial charge in [-0.25, -0.2) is 4.79 Å². The summed E-state index contributed by atoms with van der Waals surface area (Å²) in [5, 5.41) is 37.1. The van der Waals surface area contributed by atoms with Crippen molar-refractivity contribution in [2.45, 2.75) is 19.8 Å². The summed E-state index contributed by atoms with van der Waals surface area (Å²) < 4.78 is 10.1. The van der Waals surface area contributed by atoms with Gasteiger partial charge in [-0.15, -0.1) is 0 Å². The number of hydrogen-bond donors (Lipinski definition) is 4. The Kier molecular flexibility index (Phi) is 8.84. The van der Waals surface area contributed by atoms with Gasteiger partial charge in [0, 0.05) is 5.56 Å². The van der Waals surface area contributed by atoms with Gasteiger partial charge < -0.3 is 30.8 Å². The summed E-state index contributed by atoms with van der Waals surface area (Å²) in [6, 6.07) is 13.3. The second kappa shape index (κ2) is 11.8. The van der Waals surface area contributed by atoms with Crippen LogP contribution in [0.25, 0.3) is 0 Å². The van der Waals surface area contributed by atoms with Crippen LogP contribution in [0, 0.1) is 0 Å². The summed E-state index contributed by atoms with van der Waals surface area (Å²) in [4.78, 5) is 11.3. The van der Waals surface area contributed by atoms with E-state index >= 15 is 0 Å². The van der Waals surface area contributed by atoms with E-state index in [-0.39, 0.29) is 19.0 Å². The summed E-state index contributed by atoms with van der Waals surface area (Å²) in [5.74, 6) is -0.0183. The second-order valence-electron chi connectivity index (χ2n) is 6.27. The standard InChI is InChI=1S/C21H24N4O6/c1-2-30-20(26)13-31-17-9-7-15(8-10-17)19(24-28)12-11-18(23-27)14-3-5-16(6-4-14)21(22)25-29/h3-10,27-29H,2,11-13H2,1H3,(H2,22,25). The Hall–Kier alpha value is -4.08. The number of nitrogens with two attached hydrogens (primary N) is 1. The minimum atomic E-state index is -0.459. The Morgan fingerprint density at radius 1 is 0.839 bits per heavy atom. The molecule has 0 bridgehead atoms. The van der Waals surface area contributed by atoms with Crippen molar-refractivity contribution >= 4 is 23.2 Å². The number of esters is 1. The molecule has 0 saturated carbocycles. The maximum Gasteiger partial charge on any atom is 0.344 e. The molecule has 0 fully saturated rings. The van der Waals surface area contributed by atoms with Crippen LogP contribution in [-0.4, -0.2) is 52.1 Å². The summed E-state index contributed by atoms with van der Waals surface area (Å²) in [6.07, 6.45) is 0.584. The molecule has 164 valence electrons. The molecule has 2 aromatic rings. The van der Waals surface area contributed by atoms with E-state index in [9.17, 15) is 15.2 Å². The Morgan fingerprint density at radius 3 is 1.77 bits per heavy atom. The molecule has 0 aliphatic heterocycles. The predicted octanol–water partition coefficient (Wildman–Crippen LogP) is 2.56. The Morgan fingerprint density at radius 2 is 1.32 bits per heavy atom. The minimum Gasteiger partial charge on any atom is -0.482 e. The number of rotatable bonds is 10. The zero-order valence-electron chi connectivity index (χ0n) is 16.9. The van der Waals surface area contributed by atoms with Crippen LogP contribution < -0.4 is 10.5 Å². The Bertz CT molecular complexity index is 953. The van der Waals surface area contributed by atoms with Crippen molar-refractivity contribution in [3.63, 3.8) is 0 Å². The van der Waals surface area contributed by atoms with Gasteiger partial charge in [-0.2, -0.15) is 0 Å². The number of oxime groups is 3. The molecule has 0 aromatic heterocycles. The smallest absolute Gasteiger partial charge is 0.344 e. The highest BCUT2D eigenvalue weighted by Gasteiger charge is 2.11. The van der Waals surface area contributed by atoms with Crippen LogP contribution in [0.4, 0.5) is 0 Å². The van der Waals surface area contributed by atoms with E-state index in [4.69, 9.17) is 20.4 Å². The monoisotopic (exact) mass is 428 g/mol. The molecule has 2 rings (SSSR count). The molecule has 0 saturated heterocycles. The van der Waals surface area contributed by atoms with Crippen molar-refractivity contribution in [3.05, 3.63) is 65.2 Å². The largest absolute Gasteiger partial charge is 0.482 e. The molecule has 0 aliphatic carbocycles. The van der Waals surface area contributed by atoms with Gasteiger partial charge in [0.15, 0.2) is 12.4 Å². The minimum absolute atomic E-state index is 0.0292. The lowest BCUT2D eigenvalue weighted by molar-refractivity contribution is -0.145. The van der Waals surface area contributed by atoms with Crippen molar-refractivity contribution in [1.29, 1.82) is 0 Å². The number of benzene rings is 2. The van der Waals surface area contributed by atoms with Crippen molar-refractivity contribution in [3.8, 4) is 5.75 Å². The third kappa shape index (κ3) is 6.74. The molecule has 0 unspecified atom stereocenters. The number of ether oxygens (including phenoxy) is 2. The summed E-state index contributed by atoms with van der Waals surface area (Å²) in [5.41, 5.74) is 8.09. The maximum absolute atomic E-state index is 11.3. The number of carbonyl (C=O) groups is 1. The fourth-order valence-electron chi connectivity index (χ4n) is 2.72. The molecular formula is C21H24N4O6. The first kappa shape index (κ1) is 23.2. The lowest BCUT2D eigenvalue weighted by atomic mass is 9.99. The molecule has 0 spiro atoms. The molecule has 2 aromatic carbocycles. The lowest BCUT2D eigenvalue weighted by Gasteiger charge is -2.09. The zero-order chi connectivity index (χ0) is 22.6. The van der Waals surface area contributed by atoms with E-state index in [1.807, 2.05) is 0 Å². The molecule has 0 radical (unpaired) electrons. The summed E-state index contributed by atoms with van der Waals surface area (Å²) in [6.45, 7) is 1.80. The van der Waals surface area contributed by atoms with Crippen molar-refractivity contribution in [2.75, 3.05) is 13.2 Å². The molecule has 0 heterocycles. The normalized spacial score (nSPS) is 12.5. The van der Waals surface area contributed by atoms with Crippen molar-refractivity contribution in [2.24, 2.45) is 21.2 Å². The van der Waals surface area contributed by atoms with Crippen molar-refractivity contribution < 1.29 is 29.9 Å². The van der Waals surface area contributed by atoms with Crippen LogP contribution in [0.3, 0.4) is 0 Å². The number of nitrogens with zero attached hydrogens (tertiary/aromatic N) is 3. The third-order valence-electron chi connectivity index (χ3n) is 4.31. The van der Waals surface area contributed by atoms with Crippen LogP contribution in [0.15, 0.2) is 64.0 Å². The zero-order valence-corrected chi connectivity index (χ0v) is 16.9. The number of hydrogen-bond acceptors (Lipinski definition) is 9. The average Bonchev–Trinajstić information content (AvgIpc) is 2.81. The van der Waals surface area contributed by atoms with E-state index in [1.54, 1.807) is 55.5 Å². The van der Waals surface area contributed by atoms with Gasteiger partial charge in [0.1, 0.15) is 5.75 Å². The van der Waals surface area contributed by atoms with Gasteiger partial charge in [-0.3, -0.25) is 0 Å². The van der Waals surface area contributed by atoms with Crippen LogP contribution in [0.1, 0.15) is 36.5 Å². The fraction of sp³-hybridized carbons (Fsp3) is 0.238. The highest BCUT2D eigenvalue weighted by atomic mass is 16.6. The Labute approximate surface area is 178 Å². The highest BCUT2D eigenvalue weighted by Crippen LogP contribution is 2.16. The van der Waals surface area contributed by atoms with E-state index in [0.29, 0.717) is 46.7 Å². The van der Waals surface area contributed by atoms with E-state index < -0.39 is 5.97 Å². The van der Waals surface area contributed by atoms with Crippen LogP contribution in [0.5, 0.6) is 5.75 Å². The summed E-state index contributed by atoms with van der Waals surface area (Å²) in [7, 11) is 0. The number of carbonyl (C=O) groups excluding carboxylic acids is 1. The SMILES string of the molecule is CCOC(=O)COc1ccc(C(CCC(=NO)c2ccc(C(N)=NO)cc2)=NO)cc1. The van der Waals surface area contributed by atoms with Gasteiger partial charge >= 0.3 is 5.97 Å². The molecule has 31 heavy (non-hydrogen) atoms. The van der Waals surface area contributed by atoms with Crippen LogP contribution in [-0.2, 0) is 9.53 Å². The van der Waals surface area contributed by atoms with Crippen LogP contribution >= 0.6 is 0 Å². The number of amidine groups is 1. The van der Waals surface area contributed by atoms with Gasteiger partial charge in [0.05, 0.1) is 18.0 Å². The fourth-order valence-corrected chi connectivity index (χ4v) is 2.72. The van der Waals surface area contributed by atoms with Gasteiger partial charge in [-0.05, 0) is 55.2 Å². The van der Waals surface area contributed by atoms with Crippen molar-refractivity contribution in [1.82, 2.24) is 0 Å². The first-order chi connectivity index (χ1) is 15.0. The molecule has 10 heteroatoms. The molecule has 0 atom stereocenters. The molecular weight excluding hydrogens is 404 g/mol. The highest BCUT2D eigenvalue weighted by molar-refractivity contribution is 6.06. The van der Waals surface area contributed by atoms with Crippen LogP contribution in [0.2, 0.25) is 0 Å². The van der Waals surface area contributed by atoms with E-state index in [1.165, 1.54) is 0 Å². The molecule has 0 amide bonds. The van der Waals surface area contributed by atoms with E-state index in [2.05, 4.69) is 15.5 Å². The van der Waals surface area contributed by atoms with Gasteiger partial charge in [0.25, 0.3) is 0 Å². The molecule has 0 aliphatic rings. The summed E-state index contributed by atoms with van der Waals surface area (Å²) >= 11 is 0. The molecule has 10 nitrogen and oxygen atoms in total. The molecule has 5 N–H and O–H groups in total. The average molecular weight is 428 g/mol. The Balaban J connectivity index is 2.00. The topological polar surface area (TPSA) is 159 Å². The lowest BCUT2D eigenvalue weighted by Crippen LogP contribution is -2.14. The third-order valence-corrected chi connectivity index (χ3v) is 4.31. The first-order valence-corrected chi connectivity index (χ1v) is 9.41. The van der Waals surface area contributed by atoms with Gasteiger partial charge in [-0.1, -0.05) is 39.7 Å².